The summed E-state index contributed by atoms with van der Waals surface area (Å²) in [5, 5.41) is 0.773. The van der Waals surface area contributed by atoms with Crippen LogP contribution < -0.4 is 0 Å². The van der Waals surface area contributed by atoms with Gasteiger partial charge in [-0.2, -0.15) is 26.3 Å². The van der Waals surface area contributed by atoms with Crippen LogP contribution in [0.5, 0.6) is 0 Å². The third kappa shape index (κ3) is 3.41. The zero-order valence-electron chi connectivity index (χ0n) is 11.3. The van der Waals surface area contributed by atoms with Gasteiger partial charge in [0.05, 0.1) is 10.6 Å². The molecule has 0 unspecified atom stereocenters. The lowest BCUT2D eigenvalue weighted by Crippen LogP contribution is -2.05. The van der Waals surface area contributed by atoms with Crippen molar-refractivity contribution in [3.05, 3.63) is 40.3 Å². The van der Waals surface area contributed by atoms with E-state index in [4.69, 9.17) is 0 Å². The summed E-state index contributed by atoms with van der Waals surface area (Å²) in [5.41, 5.74) is -0.878. The second kappa shape index (κ2) is 5.81. The predicted molar refractivity (Wildman–Crippen MR) is 76.5 cm³/mol. The average Bonchev–Trinajstić information content (AvgIpc) is 3.16. The Hall–Kier alpha value is -2.01. The largest absolute Gasteiger partial charge is 0.434 e. The summed E-state index contributed by atoms with van der Waals surface area (Å²) in [5.74, 6) is -0.0741. The van der Waals surface area contributed by atoms with Gasteiger partial charge in [-0.15, -0.1) is 22.7 Å². The van der Waals surface area contributed by atoms with Crippen LogP contribution in [0.15, 0.2) is 29.8 Å². The summed E-state index contributed by atoms with van der Waals surface area (Å²) in [6.45, 7) is 0. The summed E-state index contributed by atoms with van der Waals surface area (Å²) < 4.78 is 75.6. The molecule has 24 heavy (non-hydrogen) atoms. The average molecular weight is 381 g/mol. The smallest absolute Gasteiger partial charge is 0.234 e. The fourth-order valence-electron chi connectivity index (χ4n) is 1.73. The molecule has 0 amide bonds. The van der Waals surface area contributed by atoms with E-state index in [-0.39, 0.29) is 21.4 Å². The van der Waals surface area contributed by atoms with Crippen LogP contribution in [0.3, 0.4) is 0 Å². The van der Waals surface area contributed by atoms with Crippen LogP contribution >= 0.6 is 22.7 Å². The Bertz CT molecular complexity index is 797. The molecule has 0 N–H and O–H groups in total. The lowest BCUT2D eigenvalue weighted by atomic mass is 10.3. The van der Waals surface area contributed by atoms with E-state index >= 15 is 0 Å². The molecule has 0 fully saturated rings. The van der Waals surface area contributed by atoms with Gasteiger partial charge in [-0.05, 0) is 18.2 Å². The van der Waals surface area contributed by atoms with Crippen LogP contribution in [-0.2, 0) is 12.4 Å². The maximum atomic E-state index is 12.6. The molecule has 3 heterocycles. The Labute approximate surface area is 138 Å². The Balaban J connectivity index is 1.95. The highest BCUT2D eigenvalue weighted by atomic mass is 32.1. The molecule has 0 bridgehead atoms. The van der Waals surface area contributed by atoms with Gasteiger partial charge in [0.15, 0.2) is 16.5 Å². The molecule has 0 atom stereocenters. The highest BCUT2D eigenvalue weighted by Gasteiger charge is 2.34. The Kier molecular flexibility index (Phi) is 4.08. The molecule has 0 aromatic carbocycles. The van der Waals surface area contributed by atoms with Crippen LogP contribution in [0, 0.1) is 0 Å². The second-order valence-electron chi connectivity index (χ2n) is 4.46. The van der Waals surface area contributed by atoms with Crippen molar-refractivity contribution in [2.24, 2.45) is 0 Å². The molecule has 0 aliphatic rings. The first-order valence-electron chi connectivity index (χ1n) is 6.18. The Morgan fingerprint density at radius 2 is 1.62 bits per heavy atom. The predicted octanol–water partition coefficient (Wildman–Crippen LogP) is 5.37. The summed E-state index contributed by atoms with van der Waals surface area (Å²) in [6, 6.07) is 3.56. The molecule has 11 heteroatoms. The van der Waals surface area contributed by atoms with Gasteiger partial charge in [-0.25, -0.2) is 15.0 Å². The minimum atomic E-state index is -4.58. The molecular weight excluding hydrogens is 376 g/mol. The number of thiophene rings is 1. The molecule has 3 rings (SSSR count). The summed E-state index contributed by atoms with van der Waals surface area (Å²) in [7, 11) is 0. The zero-order valence-corrected chi connectivity index (χ0v) is 12.9. The van der Waals surface area contributed by atoms with E-state index in [2.05, 4.69) is 15.0 Å². The van der Waals surface area contributed by atoms with E-state index in [1.807, 2.05) is 0 Å². The van der Waals surface area contributed by atoms with E-state index in [1.165, 1.54) is 18.3 Å². The number of halogens is 6. The van der Waals surface area contributed by atoms with Gasteiger partial charge in [0, 0.05) is 11.6 Å². The molecule has 3 aromatic heterocycles. The molecule has 0 radical (unpaired) electrons. The van der Waals surface area contributed by atoms with Crippen molar-refractivity contribution in [3.63, 3.8) is 0 Å². The molecule has 0 aliphatic carbocycles. The number of aromatic nitrogens is 3. The van der Waals surface area contributed by atoms with Crippen molar-refractivity contribution in [3.8, 4) is 21.4 Å². The molecule has 0 saturated carbocycles. The lowest BCUT2D eigenvalue weighted by Gasteiger charge is -2.02. The van der Waals surface area contributed by atoms with Crippen molar-refractivity contribution in [1.82, 2.24) is 15.0 Å². The van der Waals surface area contributed by atoms with E-state index in [9.17, 15) is 26.3 Å². The lowest BCUT2D eigenvalue weighted by molar-refractivity contribution is -0.140. The number of alkyl halides is 6. The standard InChI is InChI=1S/C13H5F6N3S2/c14-12(15,16)8-5-23-11(22-8)10-20-4-3-6(21-10)7-1-2-9(24-7)13(17,18)19/h1-5H. The van der Waals surface area contributed by atoms with Gasteiger partial charge in [0.2, 0.25) is 0 Å². The molecule has 3 nitrogen and oxygen atoms in total. The maximum absolute atomic E-state index is 12.6. The topological polar surface area (TPSA) is 38.7 Å². The monoisotopic (exact) mass is 381 g/mol. The van der Waals surface area contributed by atoms with Gasteiger partial charge in [-0.3, -0.25) is 0 Å². The van der Waals surface area contributed by atoms with Crippen LogP contribution in [0.1, 0.15) is 10.6 Å². The summed E-state index contributed by atoms with van der Waals surface area (Å²) in [6.07, 6.45) is -7.78. The number of rotatable bonds is 2. The fourth-order valence-corrected chi connectivity index (χ4v) is 3.34. The van der Waals surface area contributed by atoms with Crippen molar-refractivity contribution in [2.75, 3.05) is 0 Å². The van der Waals surface area contributed by atoms with E-state index in [1.54, 1.807) is 0 Å². The maximum Gasteiger partial charge on any atom is 0.434 e. The quantitative estimate of drug-likeness (QED) is 0.561. The third-order valence-corrected chi connectivity index (χ3v) is 4.77. The van der Waals surface area contributed by atoms with Gasteiger partial charge in [-0.1, -0.05) is 0 Å². The molecule has 3 aromatic rings. The SMILES string of the molecule is FC(F)(F)c1csc(-c2nccc(-c3ccc(C(F)(F)F)s3)n2)n1. The van der Waals surface area contributed by atoms with Crippen molar-refractivity contribution < 1.29 is 26.3 Å². The molecule has 0 spiro atoms. The second-order valence-corrected chi connectivity index (χ2v) is 6.40. The highest BCUT2D eigenvalue weighted by molar-refractivity contribution is 7.15. The number of thiazole rings is 1. The van der Waals surface area contributed by atoms with Gasteiger partial charge in [0.25, 0.3) is 0 Å². The first-order valence-corrected chi connectivity index (χ1v) is 7.88. The van der Waals surface area contributed by atoms with E-state index in [0.29, 0.717) is 22.7 Å². The Morgan fingerprint density at radius 3 is 2.21 bits per heavy atom. The third-order valence-electron chi connectivity index (χ3n) is 2.78. The van der Waals surface area contributed by atoms with Crippen LogP contribution in [0.2, 0.25) is 0 Å². The fraction of sp³-hybridized carbons (Fsp3) is 0.154. The van der Waals surface area contributed by atoms with Crippen molar-refractivity contribution in [1.29, 1.82) is 0 Å². The van der Waals surface area contributed by atoms with Gasteiger partial charge >= 0.3 is 12.4 Å². The molecule has 0 saturated heterocycles. The van der Waals surface area contributed by atoms with Gasteiger partial charge in [0.1, 0.15) is 4.88 Å². The van der Waals surface area contributed by atoms with Crippen molar-refractivity contribution >= 4 is 22.7 Å². The van der Waals surface area contributed by atoms with E-state index < -0.39 is 22.9 Å². The minimum absolute atomic E-state index is 0.0585. The number of nitrogens with zero attached hydrogens (tertiary/aromatic N) is 3. The summed E-state index contributed by atoms with van der Waals surface area (Å²) in [4.78, 5) is 10.7. The number of hydrogen-bond acceptors (Lipinski definition) is 5. The highest BCUT2D eigenvalue weighted by Crippen LogP contribution is 2.38. The van der Waals surface area contributed by atoms with Crippen molar-refractivity contribution in [2.45, 2.75) is 12.4 Å². The first-order chi connectivity index (χ1) is 11.1. The molecule has 126 valence electrons. The molecular formula is C13H5F6N3S2. The number of hydrogen-bond donors (Lipinski definition) is 0. The first kappa shape index (κ1) is 16.8. The van der Waals surface area contributed by atoms with Crippen LogP contribution in [0.25, 0.3) is 21.4 Å². The van der Waals surface area contributed by atoms with Gasteiger partial charge < -0.3 is 0 Å². The zero-order chi connectivity index (χ0) is 17.5. The van der Waals surface area contributed by atoms with E-state index in [0.717, 1.165) is 11.4 Å². The van der Waals surface area contributed by atoms with Crippen LogP contribution in [-0.4, -0.2) is 15.0 Å². The normalized spacial score (nSPS) is 12.6. The minimum Gasteiger partial charge on any atom is -0.234 e. The summed E-state index contributed by atoms with van der Waals surface area (Å²) >= 11 is 1.20. The Morgan fingerprint density at radius 1 is 0.875 bits per heavy atom. The van der Waals surface area contributed by atoms with Crippen LogP contribution in [0.4, 0.5) is 26.3 Å². The molecule has 0 aliphatic heterocycles.